The first-order valence-corrected chi connectivity index (χ1v) is 8.20. The van der Waals surface area contributed by atoms with Crippen molar-refractivity contribution in [1.82, 2.24) is 10.2 Å². The lowest BCUT2D eigenvalue weighted by Crippen LogP contribution is -2.52. The van der Waals surface area contributed by atoms with E-state index in [0.29, 0.717) is 18.7 Å². The second-order valence-electron chi connectivity index (χ2n) is 6.41. The van der Waals surface area contributed by atoms with Crippen molar-refractivity contribution in [2.24, 2.45) is 0 Å². The first-order chi connectivity index (χ1) is 11.5. The van der Waals surface area contributed by atoms with E-state index in [4.69, 9.17) is 0 Å². The molecule has 4 nitrogen and oxygen atoms in total. The lowest BCUT2D eigenvalue weighted by molar-refractivity contribution is -0.128. The van der Waals surface area contributed by atoms with Crippen molar-refractivity contribution < 1.29 is 9.59 Å². The zero-order valence-corrected chi connectivity index (χ0v) is 14.3. The molecule has 1 fully saturated rings. The first kappa shape index (κ1) is 16.2. The lowest BCUT2D eigenvalue weighted by Gasteiger charge is -2.35. The highest BCUT2D eigenvalue weighted by Crippen LogP contribution is 2.26. The summed E-state index contributed by atoms with van der Waals surface area (Å²) in [6, 6.07) is 12.9. The molecule has 2 aromatic rings. The van der Waals surface area contributed by atoms with Crippen LogP contribution in [0, 0.1) is 20.8 Å². The van der Waals surface area contributed by atoms with Crippen molar-refractivity contribution in [3.8, 4) is 0 Å². The molecule has 0 radical (unpaired) electrons. The van der Waals surface area contributed by atoms with Crippen LogP contribution in [0.25, 0.3) is 0 Å². The quantitative estimate of drug-likeness (QED) is 0.924. The SMILES string of the molecule is Cc1cccc(C2C(=O)NCCN2C(=O)c2ccc(C)c(C)c2)c1. The molecule has 0 aromatic heterocycles. The molecule has 1 heterocycles. The van der Waals surface area contributed by atoms with Gasteiger partial charge in [-0.3, -0.25) is 9.59 Å². The van der Waals surface area contributed by atoms with Gasteiger partial charge < -0.3 is 10.2 Å². The summed E-state index contributed by atoms with van der Waals surface area (Å²) in [5.74, 6) is -0.219. The molecule has 0 spiro atoms. The molecule has 3 rings (SSSR count). The minimum atomic E-state index is -0.576. The van der Waals surface area contributed by atoms with Gasteiger partial charge in [-0.2, -0.15) is 0 Å². The molecule has 0 aliphatic carbocycles. The number of carbonyl (C=O) groups excluding carboxylic acids is 2. The monoisotopic (exact) mass is 322 g/mol. The summed E-state index contributed by atoms with van der Waals surface area (Å²) in [5.41, 5.74) is 4.78. The predicted molar refractivity (Wildman–Crippen MR) is 93.9 cm³/mol. The number of nitrogens with zero attached hydrogens (tertiary/aromatic N) is 1. The van der Waals surface area contributed by atoms with Gasteiger partial charge in [0, 0.05) is 18.7 Å². The number of piperazine rings is 1. The summed E-state index contributed by atoms with van der Waals surface area (Å²) >= 11 is 0. The fourth-order valence-corrected chi connectivity index (χ4v) is 3.10. The van der Waals surface area contributed by atoms with Gasteiger partial charge in [-0.05, 0) is 49.6 Å². The standard InChI is InChI=1S/C20H22N2O2/c1-13-5-4-6-16(11-13)18-19(23)21-9-10-22(18)20(24)17-8-7-14(2)15(3)12-17/h4-8,11-12,18H,9-10H2,1-3H3,(H,21,23). The first-order valence-electron chi connectivity index (χ1n) is 8.20. The van der Waals surface area contributed by atoms with Crippen LogP contribution in [0.1, 0.15) is 38.7 Å². The van der Waals surface area contributed by atoms with Crippen molar-refractivity contribution in [2.45, 2.75) is 26.8 Å². The van der Waals surface area contributed by atoms with Crippen LogP contribution in [0.3, 0.4) is 0 Å². The molecule has 124 valence electrons. The molecular weight excluding hydrogens is 300 g/mol. The fourth-order valence-electron chi connectivity index (χ4n) is 3.10. The predicted octanol–water partition coefficient (Wildman–Crippen LogP) is 2.93. The maximum absolute atomic E-state index is 13.0. The number of hydrogen-bond acceptors (Lipinski definition) is 2. The second-order valence-corrected chi connectivity index (χ2v) is 6.41. The zero-order chi connectivity index (χ0) is 17.3. The summed E-state index contributed by atoms with van der Waals surface area (Å²) in [6.45, 7) is 6.99. The van der Waals surface area contributed by atoms with E-state index in [9.17, 15) is 9.59 Å². The molecule has 4 heteroatoms. The van der Waals surface area contributed by atoms with E-state index in [1.807, 2.05) is 63.2 Å². The highest BCUT2D eigenvalue weighted by atomic mass is 16.2. The Hall–Kier alpha value is -2.62. The summed E-state index contributed by atoms with van der Waals surface area (Å²) in [6.07, 6.45) is 0. The van der Waals surface area contributed by atoms with Crippen LogP contribution in [0.2, 0.25) is 0 Å². The Labute approximate surface area is 142 Å². The van der Waals surface area contributed by atoms with E-state index in [1.54, 1.807) is 4.90 Å². The van der Waals surface area contributed by atoms with Crippen LogP contribution in [-0.2, 0) is 4.79 Å². The van der Waals surface area contributed by atoms with Crippen LogP contribution in [0.5, 0.6) is 0 Å². The van der Waals surface area contributed by atoms with Crippen molar-refractivity contribution in [3.05, 3.63) is 70.3 Å². The zero-order valence-electron chi connectivity index (χ0n) is 14.3. The van der Waals surface area contributed by atoms with Gasteiger partial charge in [0.15, 0.2) is 0 Å². The number of rotatable bonds is 2. The van der Waals surface area contributed by atoms with Gasteiger partial charge >= 0.3 is 0 Å². The molecule has 1 aliphatic rings. The smallest absolute Gasteiger partial charge is 0.254 e. The van der Waals surface area contributed by atoms with Crippen molar-refractivity contribution in [3.63, 3.8) is 0 Å². The summed E-state index contributed by atoms with van der Waals surface area (Å²) in [7, 11) is 0. The third-order valence-electron chi connectivity index (χ3n) is 4.58. The van der Waals surface area contributed by atoms with Crippen molar-refractivity contribution >= 4 is 11.8 Å². The Morgan fingerprint density at radius 1 is 1.08 bits per heavy atom. The highest BCUT2D eigenvalue weighted by Gasteiger charge is 2.34. The Morgan fingerprint density at radius 3 is 2.58 bits per heavy atom. The molecule has 1 unspecified atom stereocenters. The minimum Gasteiger partial charge on any atom is -0.352 e. The topological polar surface area (TPSA) is 49.4 Å². The van der Waals surface area contributed by atoms with Crippen LogP contribution >= 0.6 is 0 Å². The number of nitrogens with one attached hydrogen (secondary N) is 1. The number of benzene rings is 2. The molecule has 0 bridgehead atoms. The minimum absolute atomic E-state index is 0.0977. The third kappa shape index (κ3) is 3.04. The number of amides is 2. The van der Waals surface area contributed by atoms with E-state index in [2.05, 4.69) is 5.32 Å². The van der Waals surface area contributed by atoms with Gasteiger partial charge in [0.05, 0.1) is 0 Å². The number of carbonyl (C=O) groups is 2. The Morgan fingerprint density at radius 2 is 1.88 bits per heavy atom. The summed E-state index contributed by atoms with van der Waals surface area (Å²) in [5, 5.41) is 2.87. The van der Waals surface area contributed by atoms with Gasteiger partial charge in [0.25, 0.3) is 5.91 Å². The summed E-state index contributed by atoms with van der Waals surface area (Å²) < 4.78 is 0. The van der Waals surface area contributed by atoms with E-state index in [-0.39, 0.29) is 11.8 Å². The van der Waals surface area contributed by atoms with Crippen LogP contribution in [-0.4, -0.2) is 29.8 Å². The highest BCUT2D eigenvalue weighted by molar-refractivity contribution is 5.98. The van der Waals surface area contributed by atoms with Crippen LogP contribution in [0.15, 0.2) is 42.5 Å². The normalized spacial score (nSPS) is 17.5. The second kappa shape index (κ2) is 6.48. The van der Waals surface area contributed by atoms with Gasteiger partial charge in [-0.1, -0.05) is 35.9 Å². The van der Waals surface area contributed by atoms with Gasteiger partial charge in [-0.15, -0.1) is 0 Å². The molecule has 1 saturated heterocycles. The van der Waals surface area contributed by atoms with E-state index in [0.717, 1.165) is 22.3 Å². The molecule has 1 N–H and O–H groups in total. The van der Waals surface area contributed by atoms with Gasteiger partial charge in [-0.25, -0.2) is 0 Å². The lowest BCUT2D eigenvalue weighted by atomic mass is 9.98. The average Bonchev–Trinajstić information content (AvgIpc) is 2.56. The molecule has 1 aliphatic heterocycles. The van der Waals surface area contributed by atoms with Crippen LogP contribution < -0.4 is 5.32 Å². The Kier molecular flexibility index (Phi) is 4.38. The maximum atomic E-state index is 13.0. The fraction of sp³-hybridized carbons (Fsp3) is 0.300. The largest absolute Gasteiger partial charge is 0.352 e. The van der Waals surface area contributed by atoms with Crippen LogP contribution in [0.4, 0.5) is 0 Å². The summed E-state index contributed by atoms with van der Waals surface area (Å²) in [4.78, 5) is 27.2. The van der Waals surface area contributed by atoms with Crippen molar-refractivity contribution in [1.29, 1.82) is 0 Å². The Bertz CT molecular complexity index is 798. The molecule has 1 atom stereocenters. The number of aryl methyl sites for hydroxylation is 3. The van der Waals surface area contributed by atoms with Gasteiger partial charge in [0.1, 0.15) is 6.04 Å². The third-order valence-corrected chi connectivity index (χ3v) is 4.58. The maximum Gasteiger partial charge on any atom is 0.254 e. The Balaban J connectivity index is 1.98. The van der Waals surface area contributed by atoms with E-state index >= 15 is 0 Å². The molecule has 2 amide bonds. The average molecular weight is 322 g/mol. The molecule has 24 heavy (non-hydrogen) atoms. The molecular formula is C20H22N2O2. The van der Waals surface area contributed by atoms with Crippen molar-refractivity contribution in [2.75, 3.05) is 13.1 Å². The van der Waals surface area contributed by atoms with E-state index < -0.39 is 6.04 Å². The molecule has 0 saturated carbocycles. The number of hydrogen-bond donors (Lipinski definition) is 1. The van der Waals surface area contributed by atoms with E-state index in [1.165, 1.54) is 0 Å². The van der Waals surface area contributed by atoms with Gasteiger partial charge in [0.2, 0.25) is 5.91 Å². The molecule has 2 aromatic carbocycles.